The first-order valence-electron chi connectivity index (χ1n) is 3.44. The number of carbonyl (C=O) groups is 1. The summed E-state index contributed by atoms with van der Waals surface area (Å²) in [6.45, 7) is 7.59. The molecule has 0 unspecified atom stereocenters. The zero-order valence-corrected chi connectivity index (χ0v) is 6.66. The van der Waals surface area contributed by atoms with E-state index in [1.165, 1.54) is 6.21 Å². The highest BCUT2D eigenvalue weighted by molar-refractivity contribution is 6.27. The van der Waals surface area contributed by atoms with Gasteiger partial charge in [0.2, 0.25) is 0 Å². The molecule has 1 rings (SSSR count). The number of amides is 1. The molecule has 0 atom stereocenters. The lowest BCUT2D eigenvalue weighted by Crippen LogP contribution is -2.40. The van der Waals surface area contributed by atoms with Crippen LogP contribution in [0.25, 0.3) is 0 Å². The van der Waals surface area contributed by atoms with Gasteiger partial charge in [-0.05, 0) is 13.8 Å². The highest BCUT2D eigenvalue weighted by Gasteiger charge is 2.15. The topological polar surface area (TPSA) is 44.7 Å². The van der Waals surface area contributed by atoms with Crippen molar-refractivity contribution in [2.45, 2.75) is 19.9 Å². The van der Waals surface area contributed by atoms with E-state index in [1.54, 1.807) is 5.01 Å². The molecule has 1 aliphatic heterocycles. The number of hydrogen-bond acceptors (Lipinski definition) is 3. The molecule has 4 nitrogen and oxygen atoms in total. The van der Waals surface area contributed by atoms with Crippen molar-refractivity contribution < 1.29 is 4.79 Å². The molecular formula is C7H11N3O. The Morgan fingerprint density at radius 2 is 2.36 bits per heavy atom. The van der Waals surface area contributed by atoms with Gasteiger partial charge in [-0.2, -0.15) is 5.10 Å². The van der Waals surface area contributed by atoms with E-state index in [4.69, 9.17) is 0 Å². The Morgan fingerprint density at radius 3 is 2.82 bits per heavy atom. The Kier molecular flexibility index (Phi) is 1.94. The van der Waals surface area contributed by atoms with Gasteiger partial charge in [-0.1, -0.05) is 6.58 Å². The summed E-state index contributed by atoms with van der Waals surface area (Å²) in [7, 11) is 0. The first-order chi connectivity index (χ1) is 5.11. The molecule has 0 saturated carbocycles. The average Bonchev–Trinajstić information content (AvgIpc) is 1.85. The van der Waals surface area contributed by atoms with Crippen molar-refractivity contribution in [3.05, 3.63) is 12.4 Å². The van der Waals surface area contributed by atoms with Crippen LogP contribution in [-0.2, 0) is 4.79 Å². The standard InChI is InChI=1S/C7H11N3O/c1-5(2)10-6(3)9-7(11)4-8-10/h4-5H,3H2,1-2H3,(H,9,11). The third-order valence-corrected chi connectivity index (χ3v) is 1.33. The Balaban J connectivity index is 2.76. The SMILES string of the molecule is C=C1NC(=O)C=NN1C(C)C. The Morgan fingerprint density at radius 1 is 1.73 bits per heavy atom. The van der Waals surface area contributed by atoms with Crippen LogP contribution in [-0.4, -0.2) is 23.2 Å². The quantitative estimate of drug-likeness (QED) is 0.588. The van der Waals surface area contributed by atoms with E-state index in [0.717, 1.165) is 0 Å². The predicted octanol–water partition coefficient (Wildman–Crippen LogP) is 0.284. The lowest BCUT2D eigenvalue weighted by Gasteiger charge is -2.27. The van der Waals surface area contributed by atoms with Crippen LogP contribution in [0.3, 0.4) is 0 Å². The van der Waals surface area contributed by atoms with Crippen molar-refractivity contribution >= 4 is 12.1 Å². The zero-order chi connectivity index (χ0) is 8.43. The molecule has 0 saturated heterocycles. The minimum Gasteiger partial charge on any atom is -0.306 e. The van der Waals surface area contributed by atoms with E-state index >= 15 is 0 Å². The molecule has 0 aromatic carbocycles. The second-order valence-electron chi connectivity index (χ2n) is 2.62. The number of nitrogens with one attached hydrogen (secondary N) is 1. The smallest absolute Gasteiger partial charge is 0.269 e. The monoisotopic (exact) mass is 153 g/mol. The number of hydrazone groups is 1. The van der Waals surface area contributed by atoms with E-state index in [0.29, 0.717) is 5.82 Å². The maximum absolute atomic E-state index is 10.7. The zero-order valence-electron chi connectivity index (χ0n) is 6.66. The lowest BCUT2D eigenvalue weighted by molar-refractivity contribution is -0.114. The van der Waals surface area contributed by atoms with Crippen molar-refractivity contribution in [3.8, 4) is 0 Å². The molecule has 0 spiro atoms. The van der Waals surface area contributed by atoms with Crippen molar-refractivity contribution in [1.29, 1.82) is 0 Å². The van der Waals surface area contributed by atoms with Gasteiger partial charge in [-0.3, -0.25) is 4.79 Å². The molecule has 1 heterocycles. The van der Waals surface area contributed by atoms with Crippen LogP contribution in [0, 0.1) is 0 Å². The molecule has 4 heteroatoms. The molecule has 0 aliphatic carbocycles. The minimum atomic E-state index is -0.216. The van der Waals surface area contributed by atoms with Crippen LogP contribution in [0.2, 0.25) is 0 Å². The largest absolute Gasteiger partial charge is 0.306 e. The number of hydrogen-bond donors (Lipinski definition) is 1. The van der Waals surface area contributed by atoms with Crippen LogP contribution in [0.15, 0.2) is 17.5 Å². The van der Waals surface area contributed by atoms with Crippen LogP contribution in [0.5, 0.6) is 0 Å². The molecule has 1 N–H and O–H groups in total. The van der Waals surface area contributed by atoms with Crippen LogP contribution in [0.1, 0.15) is 13.8 Å². The summed E-state index contributed by atoms with van der Waals surface area (Å²) in [6.07, 6.45) is 1.24. The van der Waals surface area contributed by atoms with Gasteiger partial charge in [-0.15, -0.1) is 0 Å². The molecule has 0 bridgehead atoms. The Labute approximate surface area is 65.6 Å². The first-order valence-corrected chi connectivity index (χ1v) is 3.44. The number of carbonyl (C=O) groups excluding carboxylic acids is 1. The van der Waals surface area contributed by atoms with Crippen molar-refractivity contribution in [2.75, 3.05) is 0 Å². The van der Waals surface area contributed by atoms with E-state index in [1.807, 2.05) is 13.8 Å². The van der Waals surface area contributed by atoms with Gasteiger partial charge < -0.3 is 5.32 Å². The molecule has 11 heavy (non-hydrogen) atoms. The fraction of sp³-hybridized carbons (Fsp3) is 0.429. The summed E-state index contributed by atoms with van der Waals surface area (Å²) in [5.74, 6) is 0.319. The van der Waals surface area contributed by atoms with Crippen molar-refractivity contribution in [1.82, 2.24) is 10.3 Å². The molecule has 1 amide bonds. The molecule has 0 aromatic rings. The van der Waals surface area contributed by atoms with Gasteiger partial charge in [0.25, 0.3) is 5.91 Å². The fourth-order valence-corrected chi connectivity index (χ4v) is 0.861. The summed E-state index contributed by atoms with van der Waals surface area (Å²) in [5.41, 5.74) is 0. The molecular weight excluding hydrogens is 142 g/mol. The fourth-order valence-electron chi connectivity index (χ4n) is 0.861. The number of nitrogens with zero attached hydrogens (tertiary/aromatic N) is 2. The van der Waals surface area contributed by atoms with Gasteiger partial charge in [0.05, 0.1) is 0 Å². The van der Waals surface area contributed by atoms with Crippen LogP contribution < -0.4 is 5.32 Å². The van der Waals surface area contributed by atoms with Crippen molar-refractivity contribution in [2.24, 2.45) is 5.10 Å². The molecule has 60 valence electrons. The predicted molar refractivity (Wildman–Crippen MR) is 42.7 cm³/mol. The van der Waals surface area contributed by atoms with Crippen LogP contribution in [0.4, 0.5) is 0 Å². The summed E-state index contributed by atoms with van der Waals surface area (Å²) in [6, 6.07) is 0.222. The third kappa shape index (κ3) is 1.58. The minimum absolute atomic E-state index is 0.216. The Bertz CT molecular complexity index is 220. The molecule has 1 aliphatic rings. The Hall–Kier alpha value is -1.32. The summed E-state index contributed by atoms with van der Waals surface area (Å²) in [4.78, 5) is 10.7. The average molecular weight is 153 g/mol. The summed E-state index contributed by atoms with van der Waals surface area (Å²) >= 11 is 0. The molecule has 0 aromatic heterocycles. The van der Waals surface area contributed by atoms with Gasteiger partial charge in [0.1, 0.15) is 12.0 Å². The lowest BCUT2D eigenvalue weighted by atomic mass is 10.4. The van der Waals surface area contributed by atoms with Crippen molar-refractivity contribution in [3.63, 3.8) is 0 Å². The summed E-state index contributed by atoms with van der Waals surface area (Å²) in [5, 5.41) is 8.10. The van der Waals surface area contributed by atoms with Crippen LogP contribution >= 0.6 is 0 Å². The van der Waals surface area contributed by atoms with Gasteiger partial charge in [0, 0.05) is 6.04 Å². The highest BCUT2D eigenvalue weighted by atomic mass is 16.2. The maximum atomic E-state index is 10.7. The first kappa shape index (κ1) is 7.78. The summed E-state index contributed by atoms with van der Waals surface area (Å²) < 4.78 is 0. The van der Waals surface area contributed by atoms with Gasteiger partial charge in [-0.25, -0.2) is 5.01 Å². The molecule has 0 radical (unpaired) electrons. The third-order valence-electron chi connectivity index (χ3n) is 1.33. The van der Waals surface area contributed by atoms with E-state index in [9.17, 15) is 4.79 Å². The van der Waals surface area contributed by atoms with Gasteiger partial charge >= 0.3 is 0 Å². The van der Waals surface area contributed by atoms with E-state index < -0.39 is 0 Å². The van der Waals surface area contributed by atoms with E-state index in [2.05, 4.69) is 17.0 Å². The molecule has 0 fully saturated rings. The highest BCUT2D eigenvalue weighted by Crippen LogP contribution is 2.07. The number of rotatable bonds is 1. The van der Waals surface area contributed by atoms with E-state index in [-0.39, 0.29) is 11.9 Å². The maximum Gasteiger partial charge on any atom is 0.269 e. The normalized spacial score (nSPS) is 17.5. The van der Waals surface area contributed by atoms with Gasteiger partial charge in [0.15, 0.2) is 0 Å². The second-order valence-corrected chi connectivity index (χ2v) is 2.62. The second kappa shape index (κ2) is 2.74.